The van der Waals surface area contributed by atoms with E-state index in [2.05, 4.69) is 19.2 Å². The molecule has 0 aromatic heterocycles. The zero-order valence-corrected chi connectivity index (χ0v) is 47.0. The zero-order chi connectivity index (χ0) is 51.5. The van der Waals surface area contributed by atoms with Crippen LogP contribution in [0.25, 0.3) is 0 Å². The highest BCUT2D eigenvalue weighted by molar-refractivity contribution is 5.76. The second-order valence-corrected chi connectivity index (χ2v) is 22.2. The first-order chi connectivity index (χ1) is 34.8. The number of hydrogen-bond acceptors (Lipinski definition) is 8. The molecule has 6 N–H and O–H groups in total. The van der Waals surface area contributed by atoms with Gasteiger partial charge in [-0.2, -0.15) is 0 Å². The Bertz CT molecular complexity index is 1120. The fraction of sp³-hybridized carbons (Fsp3) is 0.952. The molecule has 1 rings (SSSR count). The predicted molar refractivity (Wildman–Crippen MR) is 300 cm³/mol. The first-order valence-corrected chi connectivity index (χ1v) is 31.4. The van der Waals surface area contributed by atoms with Crippen LogP contribution in [0.2, 0.25) is 0 Å². The lowest BCUT2D eigenvalue weighted by Gasteiger charge is -2.40. The lowest BCUT2D eigenvalue weighted by molar-refractivity contribution is -0.302. The number of rotatable bonds is 55. The second kappa shape index (κ2) is 52.4. The normalized spacial score (nSPS) is 19.2. The van der Waals surface area contributed by atoms with Crippen molar-refractivity contribution < 1.29 is 39.8 Å². The molecule has 1 aliphatic heterocycles. The molecule has 1 amide bonds. The molecule has 7 unspecified atom stereocenters. The SMILES string of the molecule is CCCCCCCCCCCCCCCCCCCCCCCCCC/C=C/C(O)C(COC1OC(CO)C(O)C(O)C1O)NC(=O)CCCCCCCCCCCCCCCCCCCCCCCC. The minimum Gasteiger partial charge on any atom is -0.394 e. The van der Waals surface area contributed by atoms with E-state index in [-0.39, 0.29) is 12.5 Å². The van der Waals surface area contributed by atoms with Gasteiger partial charge < -0.3 is 40.3 Å². The summed E-state index contributed by atoms with van der Waals surface area (Å²) in [5.74, 6) is -0.168. The van der Waals surface area contributed by atoms with Gasteiger partial charge in [-0.25, -0.2) is 0 Å². The van der Waals surface area contributed by atoms with E-state index in [1.165, 1.54) is 263 Å². The van der Waals surface area contributed by atoms with Crippen molar-refractivity contribution in [1.29, 1.82) is 0 Å². The number of aliphatic hydroxyl groups excluding tert-OH is 5. The number of hydrogen-bond donors (Lipinski definition) is 6. The molecule has 9 nitrogen and oxygen atoms in total. The quantitative estimate of drug-likeness (QED) is 0.0261. The molecule has 9 heteroatoms. The van der Waals surface area contributed by atoms with Crippen LogP contribution < -0.4 is 5.32 Å². The fourth-order valence-electron chi connectivity index (χ4n) is 10.4. The first kappa shape index (κ1) is 67.9. The average Bonchev–Trinajstić information content (AvgIpc) is 3.37. The van der Waals surface area contributed by atoms with E-state index in [1.54, 1.807) is 6.08 Å². The number of aliphatic hydroxyl groups is 5. The van der Waals surface area contributed by atoms with E-state index in [0.29, 0.717) is 6.42 Å². The smallest absolute Gasteiger partial charge is 0.220 e. The number of carbonyl (C=O) groups excluding carboxylic acids is 1. The fourth-order valence-corrected chi connectivity index (χ4v) is 10.4. The van der Waals surface area contributed by atoms with Crippen LogP contribution in [0, 0.1) is 0 Å². The molecule has 422 valence electrons. The minimum atomic E-state index is -1.56. The molecule has 0 aromatic rings. The zero-order valence-electron chi connectivity index (χ0n) is 47.0. The van der Waals surface area contributed by atoms with E-state index in [1.807, 2.05) is 6.08 Å². The van der Waals surface area contributed by atoms with Gasteiger partial charge >= 0.3 is 0 Å². The van der Waals surface area contributed by atoms with Gasteiger partial charge in [-0.1, -0.05) is 309 Å². The Hall–Kier alpha value is -1.07. The highest BCUT2D eigenvalue weighted by atomic mass is 16.7. The molecule has 7 atom stereocenters. The number of amides is 1. The maximum atomic E-state index is 13.1. The van der Waals surface area contributed by atoms with Crippen LogP contribution in [0.1, 0.15) is 322 Å². The van der Waals surface area contributed by atoms with Crippen molar-refractivity contribution in [2.45, 2.75) is 365 Å². The van der Waals surface area contributed by atoms with Crippen LogP contribution in [0.4, 0.5) is 0 Å². The topological polar surface area (TPSA) is 149 Å². The van der Waals surface area contributed by atoms with Gasteiger partial charge in [0.15, 0.2) is 6.29 Å². The summed E-state index contributed by atoms with van der Waals surface area (Å²) in [5, 5.41) is 54.6. The maximum absolute atomic E-state index is 13.1. The molecule has 1 fully saturated rings. The predicted octanol–water partition coefficient (Wildman–Crippen LogP) is 16.0. The second-order valence-electron chi connectivity index (χ2n) is 22.2. The van der Waals surface area contributed by atoms with E-state index in [0.717, 1.165) is 38.5 Å². The molecular formula is C62H121NO8. The number of allylic oxidation sites excluding steroid dienone is 1. The lowest BCUT2D eigenvalue weighted by atomic mass is 9.99. The molecule has 1 saturated heterocycles. The van der Waals surface area contributed by atoms with E-state index < -0.39 is 49.5 Å². The van der Waals surface area contributed by atoms with Gasteiger partial charge in [-0.3, -0.25) is 4.79 Å². The summed E-state index contributed by atoms with van der Waals surface area (Å²) in [7, 11) is 0. The third-order valence-corrected chi connectivity index (χ3v) is 15.4. The third kappa shape index (κ3) is 41.8. The molecule has 0 saturated carbocycles. The standard InChI is InChI=1S/C62H121NO8/c1-3-5-7-9-11-13-15-17-19-21-23-25-27-28-29-30-31-33-35-37-39-41-43-45-47-49-51-56(65)55(54-70-62-61(69)60(68)59(67)57(53-64)71-62)63-58(66)52-50-48-46-44-42-40-38-36-34-32-26-24-22-20-18-16-14-12-10-8-6-4-2/h49,51,55-57,59-62,64-65,67-69H,3-48,50,52-54H2,1-2H3,(H,63,66)/b51-49+. The number of carbonyl (C=O) groups is 1. The third-order valence-electron chi connectivity index (χ3n) is 15.4. The van der Waals surface area contributed by atoms with Gasteiger partial charge in [0.05, 0.1) is 25.4 Å². The van der Waals surface area contributed by atoms with E-state index >= 15 is 0 Å². The van der Waals surface area contributed by atoms with Gasteiger partial charge in [0.2, 0.25) is 5.91 Å². The van der Waals surface area contributed by atoms with Crippen molar-refractivity contribution in [3.05, 3.63) is 12.2 Å². The molecule has 1 aliphatic rings. The Kier molecular flexibility index (Phi) is 50.1. The lowest BCUT2D eigenvalue weighted by Crippen LogP contribution is -2.60. The van der Waals surface area contributed by atoms with Crippen LogP contribution >= 0.6 is 0 Å². The van der Waals surface area contributed by atoms with Gasteiger partial charge in [-0.05, 0) is 19.3 Å². The molecule has 0 aliphatic carbocycles. The van der Waals surface area contributed by atoms with Gasteiger partial charge in [0.25, 0.3) is 0 Å². The van der Waals surface area contributed by atoms with Gasteiger partial charge in [0, 0.05) is 6.42 Å². The van der Waals surface area contributed by atoms with Crippen molar-refractivity contribution in [1.82, 2.24) is 5.32 Å². The summed E-state index contributed by atoms with van der Waals surface area (Å²) in [4.78, 5) is 13.1. The summed E-state index contributed by atoms with van der Waals surface area (Å²) in [6.07, 6.45) is 58.6. The van der Waals surface area contributed by atoms with Crippen molar-refractivity contribution in [2.24, 2.45) is 0 Å². The molecule has 0 radical (unpaired) electrons. The Morgan fingerprint density at radius 3 is 1.10 bits per heavy atom. The molecule has 0 spiro atoms. The van der Waals surface area contributed by atoms with Crippen molar-refractivity contribution in [2.75, 3.05) is 13.2 Å². The molecule has 1 heterocycles. The number of ether oxygens (including phenoxy) is 2. The molecule has 71 heavy (non-hydrogen) atoms. The van der Waals surface area contributed by atoms with Crippen molar-refractivity contribution >= 4 is 5.91 Å². The Morgan fingerprint density at radius 1 is 0.465 bits per heavy atom. The largest absolute Gasteiger partial charge is 0.394 e. The highest BCUT2D eigenvalue weighted by Gasteiger charge is 2.44. The van der Waals surface area contributed by atoms with E-state index in [9.17, 15) is 30.3 Å². The summed E-state index contributed by atoms with van der Waals surface area (Å²) in [6.45, 7) is 3.83. The van der Waals surface area contributed by atoms with Gasteiger partial charge in [0.1, 0.15) is 24.4 Å². The molecule has 0 aromatic carbocycles. The van der Waals surface area contributed by atoms with Crippen LogP contribution in [-0.4, -0.2) is 87.5 Å². The van der Waals surface area contributed by atoms with Crippen molar-refractivity contribution in [3.63, 3.8) is 0 Å². The monoisotopic (exact) mass is 1010 g/mol. The number of nitrogens with one attached hydrogen (secondary N) is 1. The first-order valence-electron chi connectivity index (χ1n) is 31.4. The van der Waals surface area contributed by atoms with Crippen LogP contribution in [0.5, 0.6) is 0 Å². The summed E-state index contributed by atoms with van der Waals surface area (Å²) in [5.41, 5.74) is 0. The molecular weight excluding hydrogens is 887 g/mol. The minimum absolute atomic E-state index is 0.168. The summed E-state index contributed by atoms with van der Waals surface area (Å²) in [6, 6.07) is -0.801. The number of unbranched alkanes of at least 4 members (excludes halogenated alkanes) is 45. The summed E-state index contributed by atoms with van der Waals surface area (Å²) < 4.78 is 11.3. The van der Waals surface area contributed by atoms with Crippen LogP contribution in [-0.2, 0) is 14.3 Å². The van der Waals surface area contributed by atoms with E-state index in [4.69, 9.17) is 9.47 Å². The Morgan fingerprint density at radius 2 is 0.775 bits per heavy atom. The summed E-state index contributed by atoms with van der Waals surface area (Å²) >= 11 is 0. The average molecular weight is 1010 g/mol. The van der Waals surface area contributed by atoms with Crippen molar-refractivity contribution in [3.8, 4) is 0 Å². The molecule has 0 bridgehead atoms. The highest BCUT2D eigenvalue weighted by Crippen LogP contribution is 2.23. The Balaban J connectivity index is 2.18. The Labute approximate surface area is 439 Å². The van der Waals surface area contributed by atoms with Gasteiger partial charge in [-0.15, -0.1) is 0 Å². The maximum Gasteiger partial charge on any atom is 0.220 e. The van der Waals surface area contributed by atoms with Crippen LogP contribution in [0.15, 0.2) is 12.2 Å². The van der Waals surface area contributed by atoms with Crippen LogP contribution in [0.3, 0.4) is 0 Å².